The molecule has 3 fully saturated rings. The first-order chi connectivity index (χ1) is 9.69. The molecule has 0 bridgehead atoms. The summed E-state index contributed by atoms with van der Waals surface area (Å²) in [5, 5.41) is 12.8. The second-order valence-electron chi connectivity index (χ2n) is 7.06. The van der Waals surface area contributed by atoms with E-state index in [0.29, 0.717) is 18.6 Å². The molecule has 1 aliphatic heterocycles. The number of likely N-dealkylation sites (tertiary alicyclic amines) is 1. The van der Waals surface area contributed by atoms with Gasteiger partial charge in [-0.05, 0) is 57.3 Å². The molecule has 0 aromatic heterocycles. The SMILES string of the molecule is CC1CCCC(CO)N1CC(=O)NC(C1CC1)C1CC1. The molecule has 0 aromatic carbocycles. The molecule has 4 heteroatoms. The molecule has 1 amide bonds. The van der Waals surface area contributed by atoms with Crippen molar-refractivity contribution in [3.63, 3.8) is 0 Å². The summed E-state index contributed by atoms with van der Waals surface area (Å²) in [4.78, 5) is 14.6. The van der Waals surface area contributed by atoms with Crippen LogP contribution < -0.4 is 5.32 Å². The van der Waals surface area contributed by atoms with Gasteiger partial charge < -0.3 is 10.4 Å². The first kappa shape index (κ1) is 14.3. The minimum absolute atomic E-state index is 0.168. The average molecular weight is 280 g/mol. The second-order valence-corrected chi connectivity index (χ2v) is 7.06. The number of amides is 1. The Kier molecular flexibility index (Phi) is 4.32. The van der Waals surface area contributed by atoms with Crippen LogP contribution in [0.15, 0.2) is 0 Å². The molecule has 1 heterocycles. The van der Waals surface area contributed by atoms with E-state index >= 15 is 0 Å². The quantitative estimate of drug-likeness (QED) is 0.776. The fourth-order valence-electron chi connectivity index (χ4n) is 3.75. The highest BCUT2D eigenvalue weighted by molar-refractivity contribution is 5.78. The number of carbonyl (C=O) groups excluding carboxylic acids is 1. The molecule has 0 spiro atoms. The lowest BCUT2D eigenvalue weighted by molar-refractivity contribution is -0.125. The maximum atomic E-state index is 12.4. The van der Waals surface area contributed by atoms with Gasteiger partial charge >= 0.3 is 0 Å². The van der Waals surface area contributed by atoms with Gasteiger partial charge in [-0.25, -0.2) is 0 Å². The lowest BCUT2D eigenvalue weighted by Crippen LogP contribution is -2.52. The Balaban J connectivity index is 1.53. The molecule has 114 valence electrons. The van der Waals surface area contributed by atoms with Gasteiger partial charge in [0, 0.05) is 18.1 Å². The zero-order valence-electron chi connectivity index (χ0n) is 12.6. The van der Waals surface area contributed by atoms with E-state index in [2.05, 4.69) is 17.1 Å². The number of hydrogen-bond donors (Lipinski definition) is 2. The fraction of sp³-hybridized carbons (Fsp3) is 0.938. The standard InChI is InChI=1S/C16H28N2O2/c1-11-3-2-4-14(10-19)18(11)9-15(20)17-16(12-5-6-12)13-7-8-13/h11-14,16,19H,2-10H2,1H3,(H,17,20). The van der Waals surface area contributed by atoms with Crippen LogP contribution in [0.3, 0.4) is 0 Å². The van der Waals surface area contributed by atoms with Crippen LogP contribution in [0.25, 0.3) is 0 Å². The molecule has 1 saturated heterocycles. The normalized spacial score (nSPS) is 31.6. The molecule has 2 unspecified atom stereocenters. The predicted octanol–water partition coefficient (Wildman–Crippen LogP) is 1.53. The Hall–Kier alpha value is -0.610. The second kappa shape index (κ2) is 6.02. The van der Waals surface area contributed by atoms with Crippen molar-refractivity contribution in [1.29, 1.82) is 0 Å². The summed E-state index contributed by atoms with van der Waals surface area (Å²) in [6, 6.07) is 1.02. The van der Waals surface area contributed by atoms with Crippen LogP contribution in [0, 0.1) is 11.8 Å². The monoisotopic (exact) mass is 280 g/mol. The molecule has 2 N–H and O–H groups in total. The Morgan fingerprint density at radius 3 is 2.40 bits per heavy atom. The van der Waals surface area contributed by atoms with Crippen molar-refractivity contribution in [2.45, 2.75) is 70.0 Å². The molecule has 3 aliphatic rings. The Morgan fingerprint density at radius 2 is 1.85 bits per heavy atom. The van der Waals surface area contributed by atoms with Crippen LogP contribution in [0.1, 0.15) is 51.9 Å². The maximum absolute atomic E-state index is 12.4. The van der Waals surface area contributed by atoms with Gasteiger partial charge in [-0.15, -0.1) is 0 Å². The van der Waals surface area contributed by atoms with E-state index in [1.54, 1.807) is 0 Å². The van der Waals surface area contributed by atoms with Crippen molar-refractivity contribution < 1.29 is 9.90 Å². The summed E-state index contributed by atoms with van der Waals surface area (Å²) in [6.45, 7) is 2.81. The van der Waals surface area contributed by atoms with Crippen LogP contribution in [0.5, 0.6) is 0 Å². The largest absolute Gasteiger partial charge is 0.395 e. The third-order valence-electron chi connectivity index (χ3n) is 5.32. The van der Waals surface area contributed by atoms with Crippen LogP contribution in [-0.2, 0) is 4.79 Å². The molecular weight excluding hydrogens is 252 g/mol. The van der Waals surface area contributed by atoms with Crippen molar-refractivity contribution in [2.24, 2.45) is 11.8 Å². The number of carbonyl (C=O) groups is 1. The summed E-state index contributed by atoms with van der Waals surface area (Å²) in [7, 11) is 0. The van der Waals surface area contributed by atoms with Crippen molar-refractivity contribution in [1.82, 2.24) is 10.2 Å². The maximum Gasteiger partial charge on any atom is 0.234 e. The van der Waals surface area contributed by atoms with E-state index in [0.717, 1.165) is 31.1 Å². The summed E-state index contributed by atoms with van der Waals surface area (Å²) in [5.41, 5.74) is 0. The first-order valence-corrected chi connectivity index (χ1v) is 8.35. The fourth-order valence-corrected chi connectivity index (χ4v) is 3.75. The third-order valence-corrected chi connectivity index (χ3v) is 5.32. The minimum Gasteiger partial charge on any atom is -0.395 e. The molecule has 4 nitrogen and oxygen atoms in total. The van der Waals surface area contributed by atoms with Gasteiger partial charge in [-0.2, -0.15) is 0 Å². The Bertz CT molecular complexity index is 340. The summed E-state index contributed by atoms with van der Waals surface area (Å²) >= 11 is 0. The van der Waals surface area contributed by atoms with Gasteiger partial charge in [-0.1, -0.05) is 6.42 Å². The van der Waals surface area contributed by atoms with Gasteiger partial charge in [0.05, 0.1) is 13.2 Å². The van der Waals surface area contributed by atoms with Gasteiger partial charge in [0.15, 0.2) is 0 Å². The summed E-state index contributed by atoms with van der Waals surface area (Å²) in [6.07, 6.45) is 8.49. The van der Waals surface area contributed by atoms with Crippen molar-refractivity contribution in [3.8, 4) is 0 Å². The van der Waals surface area contributed by atoms with Crippen molar-refractivity contribution in [3.05, 3.63) is 0 Å². The molecule has 0 radical (unpaired) electrons. The predicted molar refractivity (Wildman–Crippen MR) is 78.3 cm³/mol. The van der Waals surface area contributed by atoms with Crippen LogP contribution >= 0.6 is 0 Å². The van der Waals surface area contributed by atoms with Gasteiger partial charge in [0.2, 0.25) is 5.91 Å². The molecular formula is C16H28N2O2. The smallest absolute Gasteiger partial charge is 0.234 e. The number of rotatable bonds is 6. The van der Waals surface area contributed by atoms with Crippen LogP contribution in [0.2, 0.25) is 0 Å². The van der Waals surface area contributed by atoms with E-state index in [1.165, 1.54) is 25.7 Å². The summed E-state index contributed by atoms with van der Waals surface area (Å²) in [5.74, 6) is 1.67. The number of aliphatic hydroxyl groups excluding tert-OH is 1. The highest BCUT2D eigenvalue weighted by atomic mass is 16.3. The average Bonchev–Trinajstić information content (AvgIpc) is 3.29. The lowest BCUT2D eigenvalue weighted by Gasteiger charge is -2.39. The van der Waals surface area contributed by atoms with Crippen LogP contribution in [-0.4, -0.2) is 47.2 Å². The highest BCUT2D eigenvalue weighted by Gasteiger charge is 2.42. The zero-order valence-corrected chi connectivity index (χ0v) is 12.6. The lowest BCUT2D eigenvalue weighted by atomic mass is 9.97. The van der Waals surface area contributed by atoms with E-state index in [-0.39, 0.29) is 18.6 Å². The number of aliphatic hydroxyl groups is 1. The molecule has 3 rings (SSSR count). The van der Waals surface area contributed by atoms with Crippen molar-refractivity contribution >= 4 is 5.91 Å². The van der Waals surface area contributed by atoms with Gasteiger partial charge in [0.1, 0.15) is 0 Å². The van der Waals surface area contributed by atoms with Crippen LogP contribution in [0.4, 0.5) is 0 Å². The Morgan fingerprint density at radius 1 is 1.20 bits per heavy atom. The topological polar surface area (TPSA) is 52.6 Å². The van der Waals surface area contributed by atoms with E-state index in [9.17, 15) is 9.90 Å². The van der Waals surface area contributed by atoms with E-state index < -0.39 is 0 Å². The third kappa shape index (κ3) is 3.34. The molecule has 2 saturated carbocycles. The molecule has 0 aromatic rings. The number of hydrogen-bond acceptors (Lipinski definition) is 3. The molecule has 2 aliphatic carbocycles. The first-order valence-electron chi connectivity index (χ1n) is 8.35. The number of piperidine rings is 1. The van der Waals surface area contributed by atoms with Gasteiger partial charge in [-0.3, -0.25) is 9.69 Å². The zero-order chi connectivity index (χ0) is 14.1. The highest BCUT2D eigenvalue weighted by Crippen LogP contribution is 2.44. The number of nitrogens with one attached hydrogen (secondary N) is 1. The minimum atomic E-state index is 0.168. The van der Waals surface area contributed by atoms with E-state index in [4.69, 9.17) is 0 Å². The molecule has 2 atom stereocenters. The number of nitrogens with zero attached hydrogens (tertiary/aromatic N) is 1. The van der Waals surface area contributed by atoms with Crippen molar-refractivity contribution in [2.75, 3.05) is 13.2 Å². The Labute approximate surface area is 121 Å². The molecule has 20 heavy (non-hydrogen) atoms. The summed E-state index contributed by atoms with van der Waals surface area (Å²) < 4.78 is 0. The van der Waals surface area contributed by atoms with Gasteiger partial charge in [0.25, 0.3) is 0 Å². The van der Waals surface area contributed by atoms with E-state index in [1.807, 2.05) is 0 Å².